The standard InChI is InChI=1S/C31H40N2O4/c1-3-5-7-8-9-13-23-37-27-18-16-26(17-19-27)24-28-29(34)32(21-6-4-2)31(36)33(30(28)35)22-20-25-14-11-10-12-15-25/h10-12,14-19,24H,3-9,13,20-23H2,1-2H3/b28-24+. The van der Waals surface area contributed by atoms with Gasteiger partial charge in [-0.3, -0.25) is 19.4 Å². The van der Waals surface area contributed by atoms with E-state index in [1.54, 1.807) is 6.08 Å². The molecule has 37 heavy (non-hydrogen) atoms. The van der Waals surface area contributed by atoms with E-state index in [0.29, 0.717) is 26.0 Å². The van der Waals surface area contributed by atoms with Gasteiger partial charge in [-0.25, -0.2) is 4.79 Å². The average molecular weight is 505 g/mol. The summed E-state index contributed by atoms with van der Waals surface area (Å²) in [6.07, 6.45) is 10.9. The minimum atomic E-state index is -0.540. The maximum absolute atomic E-state index is 13.3. The Kier molecular flexibility index (Phi) is 11.4. The van der Waals surface area contributed by atoms with E-state index in [2.05, 4.69) is 6.92 Å². The Morgan fingerprint density at radius 1 is 0.703 bits per heavy atom. The van der Waals surface area contributed by atoms with Gasteiger partial charge in [0.05, 0.1) is 6.61 Å². The number of urea groups is 1. The molecule has 1 heterocycles. The summed E-state index contributed by atoms with van der Waals surface area (Å²) in [7, 11) is 0. The molecule has 1 fully saturated rings. The van der Waals surface area contributed by atoms with Crippen molar-refractivity contribution in [1.29, 1.82) is 0 Å². The van der Waals surface area contributed by atoms with E-state index < -0.39 is 17.8 Å². The van der Waals surface area contributed by atoms with Crippen LogP contribution in [0.1, 0.15) is 76.3 Å². The molecule has 4 amide bonds. The summed E-state index contributed by atoms with van der Waals surface area (Å²) in [5, 5.41) is 0. The number of ether oxygens (including phenoxy) is 1. The quantitative estimate of drug-likeness (QED) is 0.155. The van der Waals surface area contributed by atoms with Gasteiger partial charge in [0, 0.05) is 13.1 Å². The highest BCUT2D eigenvalue weighted by Gasteiger charge is 2.41. The molecule has 0 saturated carbocycles. The lowest BCUT2D eigenvalue weighted by Crippen LogP contribution is -2.56. The topological polar surface area (TPSA) is 66.9 Å². The fraction of sp³-hybridized carbons (Fsp3) is 0.452. The molecule has 0 spiro atoms. The zero-order valence-electron chi connectivity index (χ0n) is 22.3. The van der Waals surface area contributed by atoms with Gasteiger partial charge in [0.1, 0.15) is 11.3 Å². The van der Waals surface area contributed by atoms with Gasteiger partial charge in [0.2, 0.25) is 0 Å². The van der Waals surface area contributed by atoms with Crippen molar-refractivity contribution in [3.05, 3.63) is 71.3 Å². The van der Waals surface area contributed by atoms with Gasteiger partial charge in [-0.15, -0.1) is 0 Å². The van der Waals surface area contributed by atoms with Crippen LogP contribution in [0.5, 0.6) is 5.75 Å². The molecule has 0 aromatic heterocycles. The van der Waals surface area contributed by atoms with Crippen molar-refractivity contribution in [1.82, 2.24) is 9.80 Å². The van der Waals surface area contributed by atoms with Gasteiger partial charge in [0.25, 0.3) is 11.8 Å². The molecule has 6 nitrogen and oxygen atoms in total. The Morgan fingerprint density at radius 2 is 1.32 bits per heavy atom. The second kappa shape index (κ2) is 15.0. The first-order chi connectivity index (χ1) is 18.0. The van der Waals surface area contributed by atoms with Gasteiger partial charge in [-0.2, -0.15) is 0 Å². The lowest BCUT2D eigenvalue weighted by atomic mass is 10.0. The summed E-state index contributed by atoms with van der Waals surface area (Å²) in [4.78, 5) is 42.0. The first-order valence-corrected chi connectivity index (χ1v) is 13.7. The minimum Gasteiger partial charge on any atom is -0.494 e. The zero-order chi connectivity index (χ0) is 26.5. The van der Waals surface area contributed by atoms with E-state index in [4.69, 9.17) is 4.74 Å². The number of unbranched alkanes of at least 4 members (excludes halogenated alkanes) is 6. The molecule has 0 radical (unpaired) electrons. The number of hydrogen-bond donors (Lipinski definition) is 0. The van der Waals surface area contributed by atoms with E-state index >= 15 is 0 Å². The van der Waals surface area contributed by atoms with Crippen molar-refractivity contribution < 1.29 is 19.1 Å². The predicted molar refractivity (Wildman–Crippen MR) is 147 cm³/mol. The van der Waals surface area contributed by atoms with Crippen LogP contribution < -0.4 is 4.74 Å². The van der Waals surface area contributed by atoms with Crippen LogP contribution in [0.3, 0.4) is 0 Å². The second-order valence-electron chi connectivity index (χ2n) is 9.53. The zero-order valence-corrected chi connectivity index (χ0v) is 22.3. The third-order valence-electron chi connectivity index (χ3n) is 6.57. The number of hydrogen-bond acceptors (Lipinski definition) is 4. The number of carbonyl (C=O) groups is 3. The monoisotopic (exact) mass is 504 g/mol. The van der Waals surface area contributed by atoms with Gasteiger partial charge in [0.15, 0.2) is 0 Å². The first kappa shape index (κ1) is 28.2. The maximum atomic E-state index is 13.3. The third kappa shape index (κ3) is 8.31. The van der Waals surface area contributed by atoms with Crippen molar-refractivity contribution in [2.24, 2.45) is 0 Å². The number of benzene rings is 2. The Bertz CT molecular complexity index is 1050. The number of carbonyl (C=O) groups excluding carboxylic acids is 3. The number of amides is 4. The van der Waals surface area contributed by atoms with E-state index in [1.807, 2.05) is 61.5 Å². The molecule has 198 valence electrons. The van der Waals surface area contributed by atoms with Crippen molar-refractivity contribution in [3.63, 3.8) is 0 Å². The molecule has 3 rings (SSSR count). The highest BCUT2D eigenvalue weighted by atomic mass is 16.5. The predicted octanol–water partition coefficient (Wildman–Crippen LogP) is 6.64. The number of rotatable bonds is 15. The van der Waals surface area contributed by atoms with Crippen molar-refractivity contribution in [2.45, 2.75) is 71.6 Å². The molecule has 0 atom stereocenters. The molecular formula is C31H40N2O4. The molecule has 1 aliphatic rings. The van der Waals surface area contributed by atoms with Gasteiger partial charge in [-0.05, 0) is 48.6 Å². The van der Waals surface area contributed by atoms with Crippen LogP contribution in [-0.2, 0) is 16.0 Å². The summed E-state index contributed by atoms with van der Waals surface area (Å²) in [5.41, 5.74) is 1.77. The Labute approximate surface area is 221 Å². The highest BCUT2D eigenvalue weighted by molar-refractivity contribution is 6.30. The Hall–Kier alpha value is -3.41. The van der Waals surface area contributed by atoms with E-state index in [9.17, 15) is 14.4 Å². The lowest BCUT2D eigenvalue weighted by molar-refractivity contribution is -0.135. The van der Waals surface area contributed by atoms with Crippen LogP contribution in [0, 0.1) is 0 Å². The van der Waals surface area contributed by atoms with E-state index in [-0.39, 0.29) is 12.1 Å². The molecule has 6 heteroatoms. The molecule has 1 saturated heterocycles. The van der Waals surface area contributed by atoms with Crippen molar-refractivity contribution in [2.75, 3.05) is 19.7 Å². The van der Waals surface area contributed by atoms with Gasteiger partial charge < -0.3 is 4.74 Å². The third-order valence-corrected chi connectivity index (χ3v) is 6.57. The van der Waals surface area contributed by atoms with E-state index in [1.165, 1.54) is 41.9 Å². The van der Waals surface area contributed by atoms with Gasteiger partial charge >= 0.3 is 6.03 Å². The molecule has 0 bridgehead atoms. The molecule has 2 aromatic rings. The number of imide groups is 2. The number of barbiturate groups is 1. The fourth-order valence-corrected chi connectivity index (χ4v) is 4.32. The molecule has 0 N–H and O–H groups in total. The van der Waals surface area contributed by atoms with Crippen LogP contribution in [0.15, 0.2) is 60.2 Å². The summed E-state index contributed by atoms with van der Waals surface area (Å²) in [6, 6.07) is 16.6. The maximum Gasteiger partial charge on any atom is 0.333 e. The average Bonchev–Trinajstić information content (AvgIpc) is 2.92. The largest absolute Gasteiger partial charge is 0.494 e. The van der Waals surface area contributed by atoms with Crippen LogP contribution in [0.4, 0.5) is 4.79 Å². The van der Waals surface area contributed by atoms with Crippen LogP contribution in [-0.4, -0.2) is 47.3 Å². The Balaban J connectivity index is 1.68. The Morgan fingerprint density at radius 3 is 2.00 bits per heavy atom. The normalized spacial score (nSPS) is 15.1. The molecule has 1 aliphatic heterocycles. The smallest absolute Gasteiger partial charge is 0.333 e. The highest BCUT2D eigenvalue weighted by Crippen LogP contribution is 2.23. The van der Waals surface area contributed by atoms with Crippen LogP contribution >= 0.6 is 0 Å². The fourth-order valence-electron chi connectivity index (χ4n) is 4.32. The van der Waals surface area contributed by atoms with Crippen LogP contribution in [0.2, 0.25) is 0 Å². The minimum absolute atomic E-state index is 0.0181. The van der Waals surface area contributed by atoms with Crippen molar-refractivity contribution in [3.8, 4) is 5.75 Å². The lowest BCUT2D eigenvalue weighted by Gasteiger charge is -2.34. The molecule has 2 aromatic carbocycles. The number of nitrogens with zero attached hydrogens (tertiary/aromatic N) is 2. The van der Waals surface area contributed by atoms with Gasteiger partial charge in [-0.1, -0.05) is 94.8 Å². The SMILES string of the molecule is CCCCCCCCOc1ccc(/C=C2\C(=O)N(CCCC)C(=O)N(CCc3ccccc3)C2=O)cc1. The summed E-state index contributed by atoms with van der Waals surface area (Å²) >= 11 is 0. The summed E-state index contributed by atoms with van der Waals surface area (Å²) in [6.45, 7) is 5.41. The second-order valence-corrected chi connectivity index (χ2v) is 9.53. The summed E-state index contributed by atoms with van der Waals surface area (Å²) < 4.78 is 5.85. The van der Waals surface area contributed by atoms with Crippen molar-refractivity contribution >= 4 is 23.9 Å². The molecule has 0 aliphatic carbocycles. The molecular weight excluding hydrogens is 464 g/mol. The summed E-state index contributed by atoms with van der Waals surface area (Å²) in [5.74, 6) is -0.300. The van der Waals surface area contributed by atoms with Crippen LogP contribution in [0.25, 0.3) is 6.08 Å². The first-order valence-electron chi connectivity index (χ1n) is 13.7. The van der Waals surface area contributed by atoms with E-state index in [0.717, 1.165) is 29.7 Å². The molecule has 0 unspecified atom stereocenters.